The number of thiophene rings is 1. The fourth-order valence-electron chi connectivity index (χ4n) is 3.39. The van der Waals surface area contributed by atoms with E-state index in [9.17, 15) is 9.59 Å². The standard InChI is InChI=1S/C27H26N4O3S/c1-19-10-12-20(13-11-19)26(32)29-23(27(33)28-14-15-34-2)17-21-18-31(22-7-4-3-5-8-22)30-25(21)24-9-6-16-35-24/h3-13,16-18H,14-15H2,1-2H3,(H,28,33)(H,29,32)/b23-17+. The van der Waals surface area contributed by atoms with Gasteiger partial charge < -0.3 is 15.4 Å². The number of nitrogens with zero attached hydrogens (tertiary/aromatic N) is 2. The van der Waals surface area contributed by atoms with Gasteiger partial charge in [0, 0.05) is 31.0 Å². The quantitative estimate of drug-likeness (QED) is 0.271. The summed E-state index contributed by atoms with van der Waals surface area (Å²) in [7, 11) is 1.56. The van der Waals surface area contributed by atoms with Gasteiger partial charge in [-0.15, -0.1) is 11.3 Å². The molecule has 4 rings (SSSR count). The number of rotatable bonds is 9. The Labute approximate surface area is 208 Å². The van der Waals surface area contributed by atoms with Gasteiger partial charge in [-0.25, -0.2) is 4.68 Å². The SMILES string of the molecule is COCCNC(=O)/C(=C\c1cn(-c2ccccc2)nc1-c1cccs1)NC(=O)c1ccc(C)cc1. The number of para-hydroxylation sites is 1. The van der Waals surface area contributed by atoms with Gasteiger partial charge in [-0.1, -0.05) is 42.0 Å². The summed E-state index contributed by atoms with van der Waals surface area (Å²) in [5, 5.41) is 12.3. The van der Waals surface area contributed by atoms with E-state index >= 15 is 0 Å². The van der Waals surface area contributed by atoms with Gasteiger partial charge in [0.2, 0.25) is 0 Å². The van der Waals surface area contributed by atoms with Gasteiger partial charge in [0.1, 0.15) is 11.4 Å². The van der Waals surface area contributed by atoms with Gasteiger partial charge in [0.05, 0.1) is 17.2 Å². The summed E-state index contributed by atoms with van der Waals surface area (Å²) in [6.07, 6.45) is 3.51. The Morgan fingerprint density at radius 3 is 2.51 bits per heavy atom. The van der Waals surface area contributed by atoms with E-state index in [1.807, 2.05) is 73.1 Å². The van der Waals surface area contributed by atoms with Crippen LogP contribution in [0, 0.1) is 6.92 Å². The first-order valence-corrected chi connectivity index (χ1v) is 12.0. The van der Waals surface area contributed by atoms with E-state index in [1.165, 1.54) is 0 Å². The summed E-state index contributed by atoms with van der Waals surface area (Å²) in [5.41, 5.74) is 3.94. The minimum absolute atomic E-state index is 0.122. The van der Waals surface area contributed by atoms with Crippen LogP contribution in [0.2, 0.25) is 0 Å². The molecule has 0 unspecified atom stereocenters. The lowest BCUT2D eigenvalue weighted by atomic mass is 10.1. The maximum Gasteiger partial charge on any atom is 0.267 e. The van der Waals surface area contributed by atoms with Crippen molar-refractivity contribution in [3.63, 3.8) is 0 Å². The van der Waals surface area contributed by atoms with Crippen molar-refractivity contribution in [2.75, 3.05) is 20.3 Å². The minimum atomic E-state index is -0.410. The summed E-state index contributed by atoms with van der Waals surface area (Å²) in [4.78, 5) is 27.0. The van der Waals surface area contributed by atoms with Crippen molar-refractivity contribution in [2.24, 2.45) is 0 Å². The Hall–Kier alpha value is -4.01. The summed E-state index contributed by atoms with van der Waals surface area (Å²) in [5.74, 6) is -0.779. The van der Waals surface area contributed by atoms with Gasteiger partial charge in [-0.05, 0) is 48.7 Å². The largest absolute Gasteiger partial charge is 0.383 e. The predicted molar refractivity (Wildman–Crippen MR) is 138 cm³/mol. The van der Waals surface area contributed by atoms with Crippen molar-refractivity contribution >= 4 is 29.2 Å². The van der Waals surface area contributed by atoms with Crippen LogP contribution in [0.1, 0.15) is 21.5 Å². The number of nitrogens with one attached hydrogen (secondary N) is 2. The molecule has 2 N–H and O–H groups in total. The molecular weight excluding hydrogens is 460 g/mol. The van der Waals surface area contributed by atoms with E-state index in [-0.39, 0.29) is 11.6 Å². The third kappa shape index (κ3) is 6.11. The topological polar surface area (TPSA) is 85.2 Å². The molecule has 0 aliphatic carbocycles. The molecular formula is C27H26N4O3S. The smallest absolute Gasteiger partial charge is 0.267 e. The first kappa shape index (κ1) is 24.1. The third-order valence-corrected chi connectivity index (χ3v) is 6.09. The summed E-state index contributed by atoms with van der Waals surface area (Å²) in [6.45, 7) is 2.62. The molecule has 35 heavy (non-hydrogen) atoms. The van der Waals surface area contributed by atoms with Crippen LogP contribution in [0.4, 0.5) is 0 Å². The molecule has 2 aromatic carbocycles. The van der Waals surface area contributed by atoms with Crippen LogP contribution in [-0.2, 0) is 9.53 Å². The minimum Gasteiger partial charge on any atom is -0.383 e. The molecule has 0 spiro atoms. The van der Waals surface area contributed by atoms with Crippen LogP contribution in [-0.4, -0.2) is 41.9 Å². The van der Waals surface area contributed by atoms with Crippen molar-refractivity contribution in [1.82, 2.24) is 20.4 Å². The van der Waals surface area contributed by atoms with Crippen molar-refractivity contribution in [1.29, 1.82) is 0 Å². The van der Waals surface area contributed by atoms with E-state index in [4.69, 9.17) is 9.84 Å². The maximum absolute atomic E-state index is 13.0. The third-order valence-electron chi connectivity index (χ3n) is 5.22. The Bertz CT molecular complexity index is 1310. The summed E-state index contributed by atoms with van der Waals surface area (Å²) >= 11 is 1.55. The molecule has 2 heterocycles. The highest BCUT2D eigenvalue weighted by atomic mass is 32.1. The van der Waals surface area contributed by atoms with Gasteiger partial charge >= 0.3 is 0 Å². The van der Waals surface area contributed by atoms with E-state index in [2.05, 4.69) is 10.6 Å². The van der Waals surface area contributed by atoms with E-state index in [0.717, 1.165) is 21.8 Å². The highest BCUT2D eigenvalue weighted by molar-refractivity contribution is 7.13. The Kier molecular flexibility index (Phi) is 7.87. The average molecular weight is 487 g/mol. The second kappa shape index (κ2) is 11.4. The molecule has 7 nitrogen and oxygen atoms in total. The molecule has 0 fully saturated rings. The van der Waals surface area contributed by atoms with E-state index in [1.54, 1.807) is 41.3 Å². The van der Waals surface area contributed by atoms with Crippen LogP contribution in [0.3, 0.4) is 0 Å². The zero-order chi connectivity index (χ0) is 24.6. The normalized spacial score (nSPS) is 11.3. The van der Waals surface area contributed by atoms with Crippen molar-refractivity contribution in [3.05, 3.63) is 101 Å². The average Bonchev–Trinajstić information content (AvgIpc) is 3.55. The molecule has 0 atom stereocenters. The van der Waals surface area contributed by atoms with Crippen molar-refractivity contribution < 1.29 is 14.3 Å². The second-order valence-corrected chi connectivity index (χ2v) is 8.77. The molecule has 178 valence electrons. The molecule has 0 saturated carbocycles. The number of ether oxygens (including phenoxy) is 1. The van der Waals surface area contributed by atoms with Crippen LogP contribution in [0.15, 0.2) is 84.0 Å². The van der Waals surface area contributed by atoms with Crippen LogP contribution in [0.25, 0.3) is 22.3 Å². The first-order valence-electron chi connectivity index (χ1n) is 11.1. The molecule has 0 bridgehead atoms. The monoisotopic (exact) mass is 486 g/mol. The maximum atomic E-state index is 13.0. The fourth-order valence-corrected chi connectivity index (χ4v) is 4.12. The van der Waals surface area contributed by atoms with Crippen molar-refractivity contribution in [2.45, 2.75) is 6.92 Å². The molecule has 0 radical (unpaired) electrons. The van der Waals surface area contributed by atoms with Gasteiger partial charge in [0.15, 0.2) is 0 Å². The number of benzene rings is 2. The zero-order valence-electron chi connectivity index (χ0n) is 19.5. The summed E-state index contributed by atoms with van der Waals surface area (Å²) < 4.78 is 6.81. The number of carbonyl (C=O) groups excluding carboxylic acids is 2. The molecule has 2 aromatic heterocycles. The van der Waals surface area contributed by atoms with E-state index in [0.29, 0.717) is 24.3 Å². The van der Waals surface area contributed by atoms with Crippen LogP contribution >= 0.6 is 11.3 Å². The lowest BCUT2D eigenvalue weighted by Gasteiger charge is -2.11. The number of aryl methyl sites for hydroxylation is 1. The second-order valence-electron chi connectivity index (χ2n) is 7.82. The molecule has 0 aliphatic heterocycles. The summed E-state index contributed by atoms with van der Waals surface area (Å²) in [6, 6.07) is 20.8. The first-order chi connectivity index (χ1) is 17.0. The number of carbonyl (C=O) groups is 2. The predicted octanol–water partition coefficient (Wildman–Crippen LogP) is 4.44. The number of methoxy groups -OCH3 is 1. The van der Waals surface area contributed by atoms with Crippen molar-refractivity contribution in [3.8, 4) is 16.3 Å². The van der Waals surface area contributed by atoms with Gasteiger partial charge in [0.25, 0.3) is 11.8 Å². The number of aromatic nitrogens is 2. The lowest BCUT2D eigenvalue weighted by molar-refractivity contribution is -0.117. The number of hydrogen-bond donors (Lipinski definition) is 2. The molecule has 0 saturated heterocycles. The molecule has 2 amide bonds. The lowest BCUT2D eigenvalue weighted by Crippen LogP contribution is -2.36. The van der Waals surface area contributed by atoms with E-state index < -0.39 is 5.91 Å². The van der Waals surface area contributed by atoms with Gasteiger partial charge in [-0.3, -0.25) is 9.59 Å². The Balaban J connectivity index is 1.73. The number of hydrogen-bond acceptors (Lipinski definition) is 5. The fraction of sp³-hybridized carbons (Fsp3) is 0.148. The highest BCUT2D eigenvalue weighted by Crippen LogP contribution is 2.29. The Morgan fingerprint density at radius 2 is 1.83 bits per heavy atom. The van der Waals surface area contributed by atoms with Gasteiger partial charge in [-0.2, -0.15) is 5.10 Å². The molecule has 8 heteroatoms. The molecule has 0 aliphatic rings. The molecule has 4 aromatic rings. The number of amides is 2. The van der Waals surface area contributed by atoms with Crippen LogP contribution in [0.5, 0.6) is 0 Å². The highest BCUT2D eigenvalue weighted by Gasteiger charge is 2.18. The Morgan fingerprint density at radius 1 is 1.06 bits per heavy atom. The van der Waals surface area contributed by atoms with Crippen LogP contribution < -0.4 is 10.6 Å². The zero-order valence-corrected chi connectivity index (χ0v) is 20.3.